The molecule has 3 rings (SSSR count). The number of fused-ring (bicyclic) bond motifs is 2. The molecule has 0 saturated heterocycles. The predicted octanol–water partition coefficient (Wildman–Crippen LogP) is 2.74. The van der Waals surface area contributed by atoms with Gasteiger partial charge in [0.1, 0.15) is 0 Å². The summed E-state index contributed by atoms with van der Waals surface area (Å²) in [6.45, 7) is -0.124. The van der Waals surface area contributed by atoms with Gasteiger partial charge in [-0.1, -0.05) is 24.3 Å². The fourth-order valence-electron chi connectivity index (χ4n) is 2.22. The molecule has 2 aromatic carbocycles. The maximum absolute atomic E-state index is 12.7. The van der Waals surface area contributed by atoms with E-state index < -0.39 is 15.7 Å². The average Bonchev–Trinajstić information content (AvgIpc) is 2.64. The smallest absolute Gasteiger partial charge is 0.270 e. The molecule has 21 heavy (non-hydrogen) atoms. The Morgan fingerprint density at radius 1 is 1.05 bits per heavy atom. The van der Waals surface area contributed by atoms with Crippen molar-refractivity contribution in [2.45, 2.75) is 16.4 Å². The van der Waals surface area contributed by atoms with E-state index in [1.807, 2.05) is 0 Å². The topological polar surface area (TPSA) is 80.4 Å². The van der Waals surface area contributed by atoms with Gasteiger partial charge in [0.2, 0.25) is 0 Å². The molecular weight excluding hydrogens is 290 g/mol. The minimum atomic E-state index is -1.44. The molecule has 0 fully saturated rings. The van der Waals surface area contributed by atoms with Crippen LogP contribution >= 0.6 is 0 Å². The second kappa shape index (κ2) is 5.23. The Kier molecular flexibility index (Phi) is 3.40. The van der Waals surface area contributed by atoms with Gasteiger partial charge in [0, 0.05) is 12.1 Å². The van der Waals surface area contributed by atoms with Crippen molar-refractivity contribution < 1.29 is 14.2 Å². The van der Waals surface area contributed by atoms with Crippen molar-refractivity contribution >= 4 is 28.6 Å². The number of nitrogens with zero attached hydrogens (tertiary/aromatic N) is 1. The summed E-state index contributed by atoms with van der Waals surface area (Å²) in [6.07, 6.45) is 3.51. The predicted molar refractivity (Wildman–Crippen MR) is 79.1 cm³/mol. The van der Waals surface area contributed by atoms with Gasteiger partial charge in [-0.05, 0) is 28.8 Å². The molecule has 0 aromatic heterocycles. The Balaban J connectivity index is 2.18. The Labute approximate surface area is 123 Å². The Morgan fingerprint density at radius 2 is 1.81 bits per heavy atom. The number of benzene rings is 2. The molecule has 0 aliphatic carbocycles. The van der Waals surface area contributed by atoms with Crippen molar-refractivity contribution in [1.29, 1.82) is 0 Å². The molecule has 106 valence electrons. The first-order valence-electron chi connectivity index (χ1n) is 6.22. The Hall–Kier alpha value is -2.31. The first-order chi connectivity index (χ1) is 10.1. The van der Waals surface area contributed by atoms with Crippen LogP contribution < -0.4 is 0 Å². The summed E-state index contributed by atoms with van der Waals surface area (Å²) < 4.78 is 12.7. The highest BCUT2D eigenvalue weighted by molar-refractivity contribution is 7.85. The third-order valence-electron chi connectivity index (χ3n) is 3.31. The van der Waals surface area contributed by atoms with Crippen molar-refractivity contribution in [3.63, 3.8) is 0 Å². The molecule has 0 amide bonds. The minimum Gasteiger partial charge on any atom is -0.392 e. The number of aliphatic hydroxyl groups is 1. The summed E-state index contributed by atoms with van der Waals surface area (Å²) in [7, 11) is -1.44. The standard InChI is InChI=1S/C15H11NO4S/c17-9-10-1-2-11-3-4-12-8-13(16(18)19)5-6-14(12)21(20)15(11)7-10/h1-8,17H,9H2. The molecule has 2 aromatic rings. The number of nitro groups is 1. The van der Waals surface area contributed by atoms with E-state index >= 15 is 0 Å². The molecule has 6 heteroatoms. The van der Waals surface area contributed by atoms with E-state index in [9.17, 15) is 19.4 Å². The number of rotatable bonds is 2. The van der Waals surface area contributed by atoms with Crippen LogP contribution in [-0.4, -0.2) is 14.2 Å². The normalized spacial score (nSPS) is 16.0. The summed E-state index contributed by atoms with van der Waals surface area (Å²) >= 11 is 0. The highest BCUT2D eigenvalue weighted by Gasteiger charge is 2.19. The van der Waals surface area contributed by atoms with Crippen LogP contribution in [0.5, 0.6) is 0 Å². The lowest BCUT2D eigenvalue weighted by atomic mass is 10.1. The van der Waals surface area contributed by atoms with Crippen LogP contribution in [0.1, 0.15) is 16.7 Å². The van der Waals surface area contributed by atoms with Gasteiger partial charge in [-0.3, -0.25) is 10.1 Å². The van der Waals surface area contributed by atoms with Gasteiger partial charge in [-0.15, -0.1) is 0 Å². The molecule has 1 atom stereocenters. The van der Waals surface area contributed by atoms with E-state index in [0.29, 0.717) is 20.9 Å². The highest BCUT2D eigenvalue weighted by atomic mass is 32.2. The number of non-ortho nitro benzene ring substituents is 1. The summed E-state index contributed by atoms with van der Waals surface area (Å²) in [6, 6.07) is 9.54. The van der Waals surface area contributed by atoms with E-state index in [2.05, 4.69) is 0 Å². The molecule has 1 unspecified atom stereocenters. The zero-order chi connectivity index (χ0) is 15.0. The number of hydrogen-bond acceptors (Lipinski definition) is 4. The molecule has 1 heterocycles. The van der Waals surface area contributed by atoms with Crippen molar-refractivity contribution in [3.8, 4) is 0 Å². The second-order valence-corrected chi connectivity index (χ2v) is 6.03. The van der Waals surface area contributed by atoms with Crippen molar-refractivity contribution in [2.24, 2.45) is 0 Å². The summed E-state index contributed by atoms with van der Waals surface area (Å²) in [5.74, 6) is 0. The molecular formula is C15H11NO4S. The van der Waals surface area contributed by atoms with Crippen molar-refractivity contribution in [3.05, 3.63) is 63.2 Å². The molecule has 0 radical (unpaired) electrons. The fraction of sp³-hybridized carbons (Fsp3) is 0.0667. The SMILES string of the molecule is O=[N+]([O-])c1ccc2c(c1)C=Cc1ccc(CO)cc1S2=O. The lowest BCUT2D eigenvalue weighted by Gasteiger charge is -2.07. The molecule has 1 N–H and O–H groups in total. The van der Waals surface area contributed by atoms with Gasteiger partial charge >= 0.3 is 0 Å². The van der Waals surface area contributed by atoms with Gasteiger partial charge in [-0.25, -0.2) is 4.21 Å². The maximum Gasteiger partial charge on any atom is 0.270 e. The van der Waals surface area contributed by atoms with Crippen LogP contribution in [0.25, 0.3) is 12.2 Å². The second-order valence-electron chi connectivity index (χ2n) is 4.61. The summed E-state index contributed by atoms with van der Waals surface area (Å²) in [5.41, 5.74) is 2.01. The van der Waals surface area contributed by atoms with Crippen LogP contribution in [-0.2, 0) is 17.4 Å². The van der Waals surface area contributed by atoms with Crippen LogP contribution in [0.4, 0.5) is 5.69 Å². The van der Waals surface area contributed by atoms with Gasteiger partial charge in [-0.2, -0.15) is 0 Å². The maximum atomic E-state index is 12.7. The van der Waals surface area contributed by atoms with Gasteiger partial charge in [0.15, 0.2) is 0 Å². The van der Waals surface area contributed by atoms with E-state index in [-0.39, 0.29) is 12.3 Å². The lowest BCUT2D eigenvalue weighted by molar-refractivity contribution is -0.384. The first kappa shape index (κ1) is 13.7. The average molecular weight is 301 g/mol. The van der Waals surface area contributed by atoms with Gasteiger partial charge < -0.3 is 5.11 Å². The minimum absolute atomic E-state index is 0.0302. The Morgan fingerprint density at radius 3 is 2.52 bits per heavy atom. The van der Waals surface area contributed by atoms with Crippen LogP contribution in [0.3, 0.4) is 0 Å². The molecule has 1 aliphatic heterocycles. The van der Waals surface area contributed by atoms with E-state index in [1.165, 1.54) is 18.2 Å². The number of aliphatic hydroxyl groups excluding tert-OH is 1. The molecule has 0 spiro atoms. The van der Waals surface area contributed by atoms with Crippen LogP contribution in [0.2, 0.25) is 0 Å². The van der Waals surface area contributed by atoms with Gasteiger partial charge in [0.05, 0.1) is 32.1 Å². The number of nitro benzene ring substituents is 1. The van der Waals surface area contributed by atoms with Crippen LogP contribution in [0.15, 0.2) is 46.2 Å². The highest BCUT2D eigenvalue weighted by Crippen LogP contribution is 2.31. The lowest BCUT2D eigenvalue weighted by Crippen LogP contribution is -1.99. The van der Waals surface area contributed by atoms with E-state index in [4.69, 9.17) is 0 Å². The van der Waals surface area contributed by atoms with Crippen molar-refractivity contribution in [1.82, 2.24) is 0 Å². The van der Waals surface area contributed by atoms with Crippen molar-refractivity contribution in [2.75, 3.05) is 0 Å². The molecule has 1 aliphatic rings. The zero-order valence-electron chi connectivity index (χ0n) is 10.9. The van der Waals surface area contributed by atoms with Crippen LogP contribution in [0, 0.1) is 10.1 Å². The molecule has 5 nitrogen and oxygen atoms in total. The largest absolute Gasteiger partial charge is 0.392 e. The monoisotopic (exact) mass is 301 g/mol. The zero-order valence-corrected chi connectivity index (χ0v) is 11.7. The van der Waals surface area contributed by atoms with Gasteiger partial charge in [0.25, 0.3) is 5.69 Å². The quantitative estimate of drug-likeness (QED) is 0.583. The Bertz CT molecular complexity index is 798. The first-order valence-corrected chi connectivity index (χ1v) is 7.37. The molecule has 0 saturated carbocycles. The third kappa shape index (κ3) is 2.39. The van der Waals surface area contributed by atoms with E-state index in [1.54, 1.807) is 30.4 Å². The fourth-order valence-corrected chi connectivity index (χ4v) is 3.60. The summed E-state index contributed by atoms with van der Waals surface area (Å²) in [4.78, 5) is 11.5. The third-order valence-corrected chi connectivity index (χ3v) is 4.83. The molecule has 0 bridgehead atoms. The summed E-state index contributed by atoms with van der Waals surface area (Å²) in [5, 5.41) is 20.0. The van der Waals surface area contributed by atoms with E-state index in [0.717, 1.165) is 5.56 Å². The number of hydrogen-bond donors (Lipinski definition) is 1.